The SMILES string of the molecule is CONC(=O)c1cccc2c1C(c1ccccc1)=CCN2S(=O)(=O)c1ccc(C)cc1. The van der Waals surface area contributed by atoms with E-state index in [4.69, 9.17) is 4.84 Å². The Morgan fingerprint density at radius 1 is 0.968 bits per heavy atom. The summed E-state index contributed by atoms with van der Waals surface area (Å²) in [6.45, 7) is 2.06. The molecule has 3 aromatic carbocycles. The van der Waals surface area contributed by atoms with Crippen molar-refractivity contribution in [2.45, 2.75) is 11.8 Å². The summed E-state index contributed by atoms with van der Waals surface area (Å²) < 4.78 is 28.3. The molecule has 0 unspecified atom stereocenters. The van der Waals surface area contributed by atoms with E-state index in [-0.39, 0.29) is 11.4 Å². The Kier molecular flexibility index (Phi) is 5.63. The van der Waals surface area contributed by atoms with E-state index < -0.39 is 15.9 Å². The van der Waals surface area contributed by atoms with Crippen LogP contribution in [0.5, 0.6) is 0 Å². The summed E-state index contributed by atoms with van der Waals surface area (Å²) in [5, 5.41) is 0. The van der Waals surface area contributed by atoms with Crippen LogP contribution in [0.1, 0.15) is 27.0 Å². The van der Waals surface area contributed by atoms with E-state index in [2.05, 4.69) is 5.48 Å². The quantitative estimate of drug-likeness (QED) is 0.618. The van der Waals surface area contributed by atoms with Gasteiger partial charge in [0.15, 0.2) is 0 Å². The van der Waals surface area contributed by atoms with Crippen LogP contribution in [0.15, 0.2) is 83.8 Å². The summed E-state index contributed by atoms with van der Waals surface area (Å²) in [7, 11) is -2.47. The number of carbonyl (C=O) groups is 1. The summed E-state index contributed by atoms with van der Waals surface area (Å²) in [5.74, 6) is -0.448. The molecule has 31 heavy (non-hydrogen) atoms. The third-order valence-corrected chi connectivity index (χ3v) is 6.97. The molecule has 158 valence electrons. The number of fused-ring (bicyclic) bond motifs is 1. The Bertz CT molecular complexity index is 1250. The number of benzene rings is 3. The minimum Gasteiger partial charge on any atom is -0.277 e. The maximum Gasteiger partial charge on any atom is 0.275 e. The first-order chi connectivity index (χ1) is 14.9. The van der Waals surface area contributed by atoms with Crippen molar-refractivity contribution < 1.29 is 18.0 Å². The molecule has 4 rings (SSSR count). The van der Waals surface area contributed by atoms with Crippen molar-refractivity contribution in [3.8, 4) is 0 Å². The summed E-state index contributed by atoms with van der Waals surface area (Å²) in [6.07, 6.45) is 1.84. The van der Waals surface area contributed by atoms with Crippen molar-refractivity contribution >= 4 is 27.2 Å². The average Bonchev–Trinajstić information content (AvgIpc) is 2.79. The van der Waals surface area contributed by atoms with E-state index in [1.165, 1.54) is 11.4 Å². The summed E-state index contributed by atoms with van der Waals surface area (Å²) in [6, 6.07) is 21.4. The number of hydrogen-bond acceptors (Lipinski definition) is 4. The lowest BCUT2D eigenvalue weighted by atomic mass is 9.90. The molecule has 1 aliphatic heterocycles. The first kappa shape index (κ1) is 20.8. The molecule has 0 aliphatic carbocycles. The molecule has 0 saturated carbocycles. The van der Waals surface area contributed by atoms with Gasteiger partial charge in [-0.25, -0.2) is 13.9 Å². The molecule has 6 nitrogen and oxygen atoms in total. The molecule has 0 spiro atoms. The zero-order valence-electron chi connectivity index (χ0n) is 17.2. The van der Waals surface area contributed by atoms with Crippen LogP contribution >= 0.6 is 0 Å². The minimum atomic E-state index is -3.83. The fraction of sp³-hybridized carbons (Fsp3) is 0.125. The van der Waals surface area contributed by atoms with E-state index in [0.717, 1.165) is 16.7 Å². The molecule has 0 atom stereocenters. The van der Waals surface area contributed by atoms with Crippen LogP contribution in [0.4, 0.5) is 5.69 Å². The lowest BCUT2D eigenvalue weighted by molar-refractivity contribution is 0.0537. The number of carbonyl (C=O) groups excluding carboxylic acids is 1. The molecular weight excluding hydrogens is 412 g/mol. The molecule has 1 amide bonds. The number of nitrogens with one attached hydrogen (secondary N) is 1. The van der Waals surface area contributed by atoms with Crippen LogP contribution < -0.4 is 9.79 Å². The van der Waals surface area contributed by atoms with Crippen molar-refractivity contribution in [2.24, 2.45) is 0 Å². The lowest BCUT2D eigenvalue weighted by Gasteiger charge is -2.31. The predicted molar refractivity (Wildman–Crippen MR) is 120 cm³/mol. The summed E-state index contributed by atoms with van der Waals surface area (Å²) in [5.41, 5.74) is 6.34. The number of hydroxylamine groups is 1. The first-order valence-corrected chi connectivity index (χ1v) is 11.2. The third-order valence-electron chi connectivity index (χ3n) is 5.17. The molecule has 0 fully saturated rings. The molecule has 0 bridgehead atoms. The number of sulfonamides is 1. The minimum absolute atomic E-state index is 0.156. The van der Waals surface area contributed by atoms with Gasteiger partial charge in [-0.2, -0.15) is 0 Å². The normalized spacial score (nSPS) is 13.4. The second-order valence-corrected chi connectivity index (χ2v) is 9.03. The van der Waals surface area contributed by atoms with Crippen LogP contribution in [-0.2, 0) is 14.9 Å². The van der Waals surface area contributed by atoms with E-state index in [1.807, 2.05) is 43.3 Å². The standard InChI is InChI=1S/C24H22N2O4S/c1-17-11-13-19(14-12-17)31(28,29)26-16-15-20(18-7-4-3-5-8-18)23-21(24(27)25-30-2)9-6-10-22(23)26/h3-15H,16H2,1-2H3,(H,25,27). The van der Waals surface area contributed by atoms with Crippen molar-refractivity contribution in [3.05, 3.63) is 101 Å². The molecule has 7 heteroatoms. The van der Waals surface area contributed by atoms with Gasteiger partial charge in [-0.15, -0.1) is 0 Å². The molecule has 1 N–H and O–H groups in total. The second kappa shape index (κ2) is 8.37. The molecule has 0 radical (unpaired) electrons. The van der Waals surface area contributed by atoms with Gasteiger partial charge in [0.25, 0.3) is 15.9 Å². The van der Waals surface area contributed by atoms with Crippen LogP contribution in [-0.4, -0.2) is 28.0 Å². The highest BCUT2D eigenvalue weighted by Crippen LogP contribution is 2.40. The maximum atomic E-state index is 13.5. The number of amides is 1. The monoisotopic (exact) mass is 434 g/mol. The van der Waals surface area contributed by atoms with Crippen LogP contribution in [0, 0.1) is 6.92 Å². The largest absolute Gasteiger partial charge is 0.277 e. The van der Waals surface area contributed by atoms with Gasteiger partial charge in [0, 0.05) is 5.56 Å². The van der Waals surface area contributed by atoms with Gasteiger partial charge in [0.05, 0.1) is 29.8 Å². The van der Waals surface area contributed by atoms with E-state index in [0.29, 0.717) is 16.8 Å². The van der Waals surface area contributed by atoms with Gasteiger partial charge in [0.1, 0.15) is 0 Å². The van der Waals surface area contributed by atoms with Crippen LogP contribution in [0.25, 0.3) is 5.57 Å². The Balaban J connectivity index is 1.91. The number of hydrogen-bond donors (Lipinski definition) is 1. The van der Waals surface area contributed by atoms with E-state index in [1.54, 1.807) is 42.5 Å². The lowest BCUT2D eigenvalue weighted by Crippen LogP contribution is -2.35. The number of anilines is 1. The Morgan fingerprint density at radius 3 is 2.35 bits per heavy atom. The van der Waals surface area contributed by atoms with Gasteiger partial charge in [-0.1, -0.05) is 60.2 Å². The topological polar surface area (TPSA) is 75.7 Å². The highest BCUT2D eigenvalue weighted by atomic mass is 32.2. The Morgan fingerprint density at radius 2 is 1.68 bits per heavy atom. The van der Waals surface area contributed by atoms with Gasteiger partial charge in [0.2, 0.25) is 0 Å². The fourth-order valence-corrected chi connectivity index (χ4v) is 5.10. The molecule has 0 saturated heterocycles. The molecular formula is C24H22N2O4S. The Hall–Kier alpha value is -3.42. The maximum absolute atomic E-state index is 13.5. The van der Waals surface area contributed by atoms with Crippen LogP contribution in [0.2, 0.25) is 0 Å². The molecule has 0 aromatic heterocycles. The van der Waals surface area contributed by atoms with E-state index in [9.17, 15) is 13.2 Å². The van der Waals surface area contributed by atoms with Crippen molar-refractivity contribution in [1.29, 1.82) is 0 Å². The summed E-state index contributed by atoms with van der Waals surface area (Å²) in [4.78, 5) is 17.7. The average molecular weight is 435 g/mol. The number of aryl methyl sites for hydroxylation is 1. The second-order valence-electron chi connectivity index (χ2n) is 7.17. The third kappa shape index (κ3) is 3.85. The number of rotatable bonds is 5. The zero-order chi connectivity index (χ0) is 22.0. The highest BCUT2D eigenvalue weighted by Gasteiger charge is 2.32. The van der Waals surface area contributed by atoms with Crippen LogP contribution in [0.3, 0.4) is 0 Å². The van der Waals surface area contributed by atoms with E-state index >= 15 is 0 Å². The summed E-state index contributed by atoms with van der Waals surface area (Å²) >= 11 is 0. The van der Waals surface area contributed by atoms with Crippen molar-refractivity contribution in [1.82, 2.24) is 5.48 Å². The van der Waals surface area contributed by atoms with Crippen molar-refractivity contribution in [3.63, 3.8) is 0 Å². The van der Waals surface area contributed by atoms with Gasteiger partial charge >= 0.3 is 0 Å². The molecule has 1 aliphatic rings. The van der Waals surface area contributed by atoms with Crippen molar-refractivity contribution in [2.75, 3.05) is 18.0 Å². The smallest absolute Gasteiger partial charge is 0.275 e. The fourth-order valence-electron chi connectivity index (χ4n) is 3.69. The van der Waals surface area contributed by atoms with Gasteiger partial charge in [-0.05, 0) is 42.3 Å². The predicted octanol–water partition coefficient (Wildman–Crippen LogP) is 3.93. The molecule has 3 aromatic rings. The van der Waals surface area contributed by atoms with Gasteiger partial charge in [-0.3, -0.25) is 13.9 Å². The highest BCUT2D eigenvalue weighted by molar-refractivity contribution is 7.92. The Labute approximate surface area is 181 Å². The van der Waals surface area contributed by atoms with Gasteiger partial charge < -0.3 is 0 Å². The molecule has 1 heterocycles. The first-order valence-electron chi connectivity index (χ1n) is 9.75. The number of nitrogens with zero attached hydrogens (tertiary/aromatic N) is 1. The zero-order valence-corrected chi connectivity index (χ0v) is 18.0.